The van der Waals surface area contributed by atoms with Gasteiger partial charge in [-0.25, -0.2) is 4.79 Å². The number of benzene rings is 1. The van der Waals surface area contributed by atoms with Crippen molar-refractivity contribution < 1.29 is 18.8 Å². The van der Waals surface area contributed by atoms with Crippen molar-refractivity contribution in [1.82, 2.24) is 25.3 Å². The Morgan fingerprint density at radius 2 is 1.88 bits per heavy atom. The fraction of sp³-hybridized carbons (Fsp3) is 0.500. The topological polar surface area (TPSA) is 109 Å². The first-order chi connectivity index (χ1) is 15.4. The average Bonchev–Trinajstić information content (AvgIpc) is 3.48. The SMILES string of the molecule is O=C1NC2(CCCCC2)C(=O)N1CC(=O)N(Cc1nnc(-c2ccc(Cl)cc2)o1)C1CC1. The molecule has 5 rings (SSSR count). The Morgan fingerprint density at radius 1 is 1.16 bits per heavy atom. The monoisotopic (exact) mass is 457 g/mol. The molecule has 168 valence electrons. The van der Waals surface area contributed by atoms with Crippen LogP contribution in [0.5, 0.6) is 0 Å². The number of imide groups is 1. The van der Waals surface area contributed by atoms with E-state index in [4.69, 9.17) is 16.0 Å². The van der Waals surface area contributed by atoms with Gasteiger partial charge < -0.3 is 14.6 Å². The minimum Gasteiger partial charge on any atom is -0.419 e. The number of amides is 4. The number of rotatable bonds is 6. The number of urea groups is 1. The number of nitrogens with zero attached hydrogens (tertiary/aromatic N) is 4. The summed E-state index contributed by atoms with van der Waals surface area (Å²) in [5, 5.41) is 11.6. The lowest BCUT2D eigenvalue weighted by Gasteiger charge is -2.30. The quantitative estimate of drug-likeness (QED) is 0.667. The molecule has 1 saturated heterocycles. The van der Waals surface area contributed by atoms with E-state index in [0.29, 0.717) is 29.6 Å². The van der Waals surface area contributed by atoms with Crippen LogP contribution in [0.2, 0.25) is 5.02 Å². The highest BCUT2D eigenvalue weighted by molar-refractivity contribution is 6.30. The normalized spacial score (nSPS) is 20.0. The molecule has 3 fully saturated rings. The summed E-state index contributed by atoms with van der Waals surface area (Å²) in [4.78, 5) is 41.3. The third-order valence-electron chi connectivity index (χ3n) is 6.42. The zero-order valence-electron chi connectivity index (χ0n) is 17.6. The van der Waals surface area contributed by atoms with Crippen molar-refractivity contribution in [2.24, 2.45) is 0 Å². The lowest BCUT2D eigenvalue weighted by Crippen LogP contribution is -2.49. The van der Waals surface area contributed by atoms with E-state index >= 15 is 0 Å². The van der Waals surface area contributed by atoms with Gasteiger partial charge in [0.2, 0.25) is 17.7 Å². The standard InChI is InChI=1S/C22H24ClN5O4/c23-15-6-4-14(5-7-15)19-26-25-17(32-19)12-27(16-8-9-16)18(29)13-28-20(30)22(24-21(28)31)10-2-1-3-11-22/h4-7,16H,1-3,8-13H2,(H,24,31). The molecule has 1 aromatic heterocycles. The summed E-state index contributed by atoms with van der Waals surface area (Å²) >= 11 is 5.92. The number of halogens is 1. The third kappa shape index (κ3) is 3.97. The van der Waals surface area contributed by atoms with Crippen LogP contribution in [0.15, 0.2) is 28.7 Å². The molecular weight excluding hydrogens is 434 g/mol. The van der Waals surface area contributed by atoms with E-state index in [1.807, 2.05) is 0 Å². The van der Waals surface area contributed by atoms with Crippen molar-refractivity contribution in [3.63, 3.8) is 0 Å². The highest BCUT2D eigenvalue weighted by Gasteiger charge is 2.52. The molecule has 2 heterocycles. The predicted molar refractivity (Wildman–Crippen MR) is 114 cm³/mol. The second-order valence-electron chi connectivity index (χ2n) is 8.72. The first-order valence-electron chi connectivity index (χ1n) is 11.0. The summed E-state index contributed by atoms with van der Waals surface area (Å²) in [6, 6.07) is 6.60. The van der Waals surface area contributed by atoms with Crippen LogP contribution in [0.3, 0.4) is 0 Å². The number of hydrogen-bond acceptors (Lipinski definition) is 6. The van der Waals surface area contributed by atoms with Gasteiger partial charge in [-0.05, 0) is 49.9 Å². The Labute approximate surface area is 190 Å². The average molecular weight is 458 g/mol. The van der Waals surface area contributed by atoms with Gasteiger partial charge >= 0.3 is 6.03 Å². The Kier molecular flexibility index (Phi) is 5.36. The molecule has 10 heteroatoms. The van der Waals surface area contributed by atoms with Crippen molar-refractivity contribution in [1.29, 1.82) is 0 Å². The van der Waals surface area contributed by atoms with E-state index in [-0.39, 0.29) is 30.9 Å². The Bertz CT molecular complexity index is 1040. The number of aromatic nitrogens is 2. The molecule has 0 radical (unpaired) electrons. The van der Waals surface area contributed by atoms with Gasteiger partial charge in [0.1, 0.15) is 12.1 Å². The van der Waals surface area contributed by atoms with Crippen LogP contribution in [0, 0.1) is 0 Å². The van der Waals surface area contributed by atoms with Gasteiger partial charge in [0, 0.05) is 16.6 Å². The van der Waals surface area contributed by atoms with Crippen molar-refractivity contribution in [3.05, 3.63) is 35.2 Å². The highest BCUT2D eigenvalue weighted by atomic mass is 35.5. The molecular formula is C22H24ClN5O4. The molecule has 1 aromatic carbocycles. The van der Waals surface area contributed by atoms with Crippen LogP contribution in [0.4, 0.5) is 4.79 Å². The van der Waals surface area contributed by atoms with E-state index in [1.165, 1.54) is 0 Å². The summed E-state index contributed by atoms with van der Waals surface area (Å²) in [7, 11) is 0. The van der Waals surface area contributed by atoms with Gasteiger partial charge in [-0.2, -0.15) is 0 Å². The summed E-state index contributed by atoms with van der Waals surface area (Å²) < 4.78 is 5.75. The first-order valence-corrected chi connectivity index (χ1v) is 11.3. The van der Waals surface area contributed by atoms with Crippen LogP contribution in [-0.4, -0.2) is 56.0 Å². The third-order valence-corrected chi connectivity index (χ3v) is 6.67. The smallest absolute Gasteiger partial charge is 0.325 e. The Balaban J connectivity index is 1.28. The molecule has 0 unspecified atom stereocenters. The van der Waals surface area contributed by atoms with Crippen molar-refractivity contribution in [2.45, 2.75) is 63.1 Å². The minimum absolute atomic E-state index is 0.0535. The number of carbonyl (C=O) groups excluding carboxylic acids is 3. The van der Waals surface area contributed by atoms with Gasteiger partial charge in [-0.15, -0.1) is 10.2 Å². The summed E-state index contributed by atoms with van der Waals surface area (Å²) in [6.07, 6.45) is 5.85. The molecule has 2 saturated carbocycles. The van der Waals surface area contributed by atoms with Gasteiger partial charge in [0.15, 0.2) is 0 Å². The molecule has 2 aromatic rings. The fourth-order valence-electron chi connectivity index (χ4n) is 4.52. The fourth-order valence-corrected chi connectivity index (χ4v) is 4.65. The van der Waals surface area contributed by atoms with Crippen molar-refractivity contribution in [2.75, 3.05) is 6.54 Å². The maximum absolute atomic E-state index is 13.1. The maximum Gasteiger partial charge on any atom is 0.325 e. The van der Waals surface area contributed by atoms with Crippen LogP contribution in [-0.2, 0) is 16.1 Å². The minimum atomic E-state index is -0.833. The largest absolute Gasteiger partial charge is 0.419 e. The van der Waals surface area contributed by atoms with Gasteiger partial charge in [-0.1, -0.05) is 30.9 Å². The molecule has 1 N–H and O–H groups in total. The maximum atomic E-state index is 13.1. The lowest BCUT2D eigenvalue weighted by atomic mass is 9.82. The predicted octanol–water partition coefficient (Wildman–Crippen LogP) is 3.14. The Morgan fingerprint density at radius 3 is 2.56 bits per heavy atom. The summed E-state index contributed by atoms with van der Waals surface area (Å²) in [5.74, 6) is 0.0635. The zero-order valence-corrected chi connectivity index (χ0v) is 18.3. The van der Waals surface area contributed by atoms with E-state index < -0.39 is 11.6 Å². The number of carbonyl (C=O) groups is 3. The van der Waals surface area contributed by atoms with E-state index in [9.17, 15) is 14.4 Å². The van der Waals surface area contributed by atoms with E-state index in [0.717, 1.165) is 42.6 Å². The molecule has 9 nitrogen and oxygen atoms in total. The summed E-state index contributed by atoms with van der Waals surface area (Å²) in [5.41, 5.74) is -0.102. The van der Waals surface area contributed by atoms with Crippen LogP contribution >= 0.6 is 11.6 Å². The van der Waals surface area contributed by atoms with Crippen LogP contribution < -0.4 is 5.32 Å². The van der Waals surface area contributed by atoms with E-state index in [1.54, 1.807) is 29.2 Å². The summed E-state index contributed by atoms with van der Waals surface area (Å²) in [6.45, 7) is -0.139. The first kappa shape index (κ1) is 20.9. The second kappa shape index (κ2) is 8.20. The van der Waals surface area contributed by atoms with Gasteiger partial charge in [-0.3, -0.25) is 14.5 Å². The highest BCUT2D eigenvalue weighted by Crippen LogP contribution is 2.34. The molecule has 0 atom stereocenters. The van der Waals surface area contributed by atoms with Gasteiger partial charge in [0.05, 0.1) is 6.54 Å². The molecule has 0 bridgehead atoms. The molecule has 1 aliphatic heterocycles. The van der Waals surface area contributed by atoms with E-state index in [2.05, 4.69) is 15.5 Å². The number of hydrogen-bond donors (Lipinski definition) is 1. The number of nitrogens with one attached hydrogen (secondary N) is 1. The molecule has 3 aliphatic rings. The molecule has 32 heavy (non-hydrogen) atoms. The lowest BCUT2D eigenvalue weighted by molar-refractivity contribution is -0.140. The van der Waals surface area contributed by atoms with Crippen molar-refractivity contribution >= 4 is 29.4 Å². The molecule has 2 aliphatic carbocycles. The van der Waals surface area contributed by atoms with Gasteiger partial charge in [0.25, 0.3) is 5.91 Å². The van der Waals surface area contributed by atoms with Crippen LogP contribution in [0.1, 0.15) is 50.8 Å². The molecule has 4 amide bonds. The Hall–Kier alpha value is -2.94. The van der Waals surface area contributed by atoms with Crippen molar-refractivity contribution in [3.8, 4) is 11.5 Å². The van der Waals surface area contributed by atoms with Crippen LogP contribution in [0.25, 0.3) is 11.5 Å². The molecule has 1 spiro atoms. The zero-order chi connectivity index (χ0) is 22.3. The second-order valence-corrected chi connectivity index (χ2v) is 9.16.